The second kappa shape index (κ2) is 3.51. The van der Waals surface area contributed by atoms with E-state index in [0.717, 1.165) is 0 Å². The van der Waals surface area contributed by atoms with Crippen molar-refractivity contribution in [1.29, 1.82) is 0 Å². The zero-order chi connectivity index (χ0) is 13.1. The monoisotopic (exact) mass is 247 g/mol. The Morgan fingerprint density at radius 2 is 1.53 bits per heavy atom. The second-order valence-corrected chi connectivity index (χ2v) is 5.72. The quantitative estimate of drug-likeness (QED) is 0.440. The van der Waals surface area contributed by atoms with Crippen LogP contribution in [0.25, 0.3) is 27.2 Å². The first-order chi connectivity index (χ1) is 9.20. The van der Waals surface area contributed by atoms with Crippen molar-refractivity contribution in [1.82, 2.24) is 4.40 Å². The number of hydrogen-bond donors (Lipinski definition) is 0. The van der Waals surface area contributed by atoms with Crippen LogP contribution in [0.1, 0.15) is 31.0 Å². The van der Waals surface area contributed by atoms with E-state index < -0.39 is 0 Å². The lowest BCUT2D eigenvalue weighted by molar-refractivity contribution is 0.811. The Hall–Kier alpha value is -2.02. The van der Waals surface area contributed by atoms with Gasteiger partial charge in [0.1, 0.15) is 0 Å². The predicted octanol–water partition coefficient (Wildman–Crippen LogP) is 5.12. The van der Waals surface area contributed by atoms with E-state index in [1.807, 2.05) is 0 Å². The number of aryl methyl sites for hydroxylation is 1. The molecular formula is C18H17N. The van der Waals surface area contributed by atoms with Crippen molar-refractivity contribution in [3.05, 3.63) is 53.7 Å². The molecule has 2 heterocycles. The molecule has 0 saturated carbocycles. The second-order valence-electron chi connectivity index (χ2n) is 5.72. The molecule has 0 radical (unpaired) electrons. The molecule has 0 aliphatic rings. The average molecular weight is 247 g/mol. The lowest BCUT2D eigenvalue weighted by atomic mass is 10.0. The highest BCUT2D eigenvalue weighted by Crippen LogP contribution is 2.39. The van der Waals surface area contributed by atoms with Crippen LogP contribution in [-0.2, 0) is 0 Å². The molecule has 0 aliphatic carbocycles. The third-order valence-electron chi connectivity index (χ3n) is 4.27. The number of para-hydroxylation sites is 2. The number of nitrogens with zero attached hydrogens (tertiary/aromatic N) is 1. The number of fused-ring (bicyclic) bond motifs is 3. The standard InChI is InChI=1S/C18H17N/c1-11(2)17-12(3)13-8-6-9-15-14-7-4-5-10-16(14)19(17)18(13)15/h4-11H,1-3H3. The average Bonchev–Trinajstić information content (AvgIpc) is 2.89. The first-order valence-corrected chi connectivity index (χ1v) is 6.94. The van der Waals surface area contributed by atoms with Gasteiger partial charge in [0.25, 0.3) is 0 Å². The van der Waals surface area contributed by atoms with Crippen LogP contribution in [0.5, 0.6) is 0 Å². The van der Waals surface area contributed by atoms with Gasteiger partial charge in [0.2, 0.25) is 0 Å². The summed E-state index contributed by atoms with van der Waals surface area (Å²) in [5.41, 5.74) is 5.61. The van der Waals surface area contributed by atoms with Crippen LogP contribution in [-0.4, -0.2) is 4.40 Å². The van der Waals surface area contributed by atoms with E-state index in [9.17, 15) is 0 Å². The zero-order valence-corrected chi connectivity index (χ0v) is 11.6. The molecule has 2 aromatic carbocycles. The molecular weight excluding hydrogens is 230 g/mol. The molecule has 0 bridgehead atoms. The van der Waals surface area contributed by atoms with Gasteiger partial charge in [-0.2, -0.15) is 0 Å². The van der Waals surface area contributed by atoms with Crippen molar-refractivity contribution in [3.63, 3.8) is 0 Å². The summed E-state index contributed by atoms with van der Waals surface area (Å²) in [5, 5.41) is 4.14. The van der Waals surface area contributed by atoms with Crippen LogP contribution in [0.4, 0.5) is 0 Å². The highest BCUT2D eigenvalue weighted by molar-refractivity contribution is 6.15. The largest absolute Gasteiger partial charge is 0.312 e. The Morgan fingerprint density at radius 1 is 0.842 bits per heavy atom. The summed E-state index contributed by atoms with van der Waals surface area (Å²) < 4.78 is 2.47. The molecule has 0 fully saturated rings. The Balaban J connectivity index is 2.42. The van der Waals surface area contributed by atoms with Crippen molar-refractivity contribution >= 4 is 27.2 Å². The molecule has 0 saturated heterocycles. The molecule has 1 nitrogen and oxygen atoms in total. The highest BCUT2D eigenvalue weighted by atomic mass is 14.9. The van der Waals surface area contributed by atoms with Gasteiger partial charge < -0.3 is 4.40 Å². The molecule has 0 amide bonds. The molecule has 4 rings (SSSR count). The van der Waals surface area contributed by atoms with Gasteiger partial charge in [0.05, 0.1) is 11.0 Å². The van der Waals surface area contributed by atoms with Crippen LogP contribution in [0.3, 0.4) is 0 Å². The summed E-state index contributed by atoms with van der Waals surface area (Å²) in [4.78, 5) is 0. The van der Waals surface area contributed by atoms with Crippen LogP contribution in [0.15, 0.2) is 42.5 Å². The lowest BCUT2D eigenvalue weighted by Gasteiger charge is -2.07. The van der Waals surface area contributed by atoms with Gasteiger partial charge >= 0.3 is 0 Å². The van der Waals surface area contributed by atoms with E-state index in [4.69, 9.17) is 0 Å². The minimum atomic E-state index is 0.534. The predicted molar refractivity (Wildman–Crippen MR) is 82.4 cm³/mol. The fourth-order valence-corrected chi connectivity index (χ4v) is 3.57. The molecule has 0 N–H and O–H groups in total. The van der Waals surface area contributed by atoms with Crippen molar-refractivity contribution in [3.8, 4) is 0 Å². The van der Waals surface area contributed by atoms with Gasteiger partial charge in [-0.25, -0.2) is 0 Å². The molecule has 0 spiro atoms. The third kappa shape index (κ3) is 1.20. The summed E-state index contributed by atoms with van der Waals surface area (Å²) in [6.45, 7) is 6.82. The molecule has 1 heteroatoms. The third-order valence-corrected chi connectivity index (χ3v) is 4.27. The highest BCUT2D eigenvalue weighted by Gasteiger charge is 2.20. The Bertz CT molecular complexity index is 896. The van der Waals surface area contributed by atoms with E-state index in [1.54, 1.807) is 0 Å². The van der Waals surface area contributed by atoms with E-state index in [2.05, 4.69) is 67.6 Å². The minimum Gasteiger partial charge on any atom is -0.312 e. The molecule has 19 heavy (non-hydrogen) atoms. The molecule has 0 aliphatic heterocycles. The first kappa shape index (κ1) is 10.9. The normalized spacial score (nSPS) is 12.4. The molecule has 0 unspecified atom stereocenters. The molecule has 4 aromatic rings. The Labute approximate surface area is 112 Å². The van der Waals surface area contributed by atoms with E-state index >= 15 is 0 Å². The van der Waals surface area contributed by atoms with Crippen molar-refractivity contribution in [2.75, 3.05) is 0 Å². The fourth-order valence-electron chi connectivity index (χ4n) is 3.57. The van der Waals surface area contributed by atoms with E-state index in [-0.39, 0.29) is 0 Å². The van der Waals surface area contributed by atoms with Gasteiger partial charge in [-0.05, 0) is 24.5 Å². The van der Waals surface area contributed by atoms with Crippen LogP contribution < -0.4 is 0 Å². The lowest BCUT2D eigenvalue weighted by Crippen LogP contribution is -1.95. The van der Waals surface area contributed by atoms with Gasteiger partial charge in [0.15, 0.2) is 0 Å². The van der Waals surface area contributed by atoms with Crippen molar-refractivity contribution in [2.24, 2.45) is 0 Å². The molecule has 94 valence electrons. The molecule has 0 atom stereocenters. The summed E-state index contributed by atoms with van der Waals surface area (Å²) in [7, 11) is 0. The van der Waals surface area contributed by atoms with Crippen LogP contribution >= 0.6 is 0 Å². The van der Waals surface area contributed by atoms with E-state index in [0.29, 0.717) is 5.92 Å². The number of benzene rings is 2. The van der Waals surface area contributed by atoms with Gasteiger partial charge in [-0.15, -0.1) is 0 Å². The van der Waals surface area contributed by atoms with Gasteiger partial charge in [-0.1, -0.05) is 50.2 Å². The van der Waals surface area contributed by atoms with Crippen molar-refractivity contribution in [2.45, 2.75) is 26.7 Å². The van der Waals surface area contributed by atoms with Crippen LogP contribution in [0.2, 0.25) is 0 Å². The van der Waals surface area contributed by atoms with Crippen molar-refractivity contribution < 1.29 is 0 Å². The maximum Gasteiger partial charge on any atom is 0.0613 e. The first-order valence-electron chi connectivity index (χ1n) is 6.94. The zero-order valence-electron chi connectivity index (χ0n) is 11.6. The fraction of sp³-hybridized carbons (Fsp3) is 0.222. The van der Waals surface area contributed by atoms with Crippen LogP contribution in [0, 0.1) is 6.92 Å². The summed E-state index contributed by atoms with van der Waals surface area (Å²) in [6.07, 6.45) is 0. The summed E-state index contributed by atoms with van der Waals surface area (Å²) in [6, 6.07) is 15.4. The summed E-state index contributed by atoms with van der Waals surface area (Å²) >= 11 is 0. The topological polar surface area (TPSA) is 4.41 Å². The van der Waals surface area contributed by atoms with Gasteiger partial charge in [-0.3, -0.25) is 0 Å². The maximum atomic E-state index is 2.47. The Kier molecular flexibility index (Phi) is 2.00. The number of aromatic nitrogens is 1. The number of hydrogen-bond acceptors (Lipinski definition) is 0. The summed E-state index contributed by atoms with van der Waals surface area (Å²) in [5.74, 6) is 0.534. The van der Waals surface area contributed by atoms with Gasteiger partial charge in [0, 0.05) is 21.9 Å². The minimum absolute atomic E-state index is 0.534. The maximum absolute atomic E-state index is 2.47. The van der Waals surface area contributed by atoms with E-state index in [1.165, 1.54) is 38.4 Å². The smallest absolute Gasteiger partial charge is 0.0613 e. The Morgan fingerprint density at radius 3 is 2.32 bits per heavy atom. The molecule has 2 aromatic heterocycles. The SMILES string of the molecule is Cc1c(C(C)C)n2c3ccccc3c3cccc1c32. The number of rotatable bonds is 1.